The van der Waals surface area contributed by atoms with Crippen LogP contribution in [-0.2, 0) is 14.8 Å². The average Bonchev–Trinajstić information content (AvgIpc) is 2.81. The van der Waals surface area contributed by atoms with Crippen molar-refractivity contribution in [3.05, 3.63) is 48.0 Å². The summed E-state index contributed by atoms with van der Waals surface area (Å²) in [5.74, 6) is 0.0941. The van der Waals surface area contributed by atoms with Crippen LogP contribution in [0.25, 0.3) is 0 Å². The van der Waals surface area contributed by atoms with Gasteiger partial charge in [0, 0.05) is 23.5 Å². The van der Waals surface area contributed by atoms with Crippen molar-refractivity contribution in [2.24, 2.45) is 0 Å². The number of rotatable bonds is 4. The SMILES string of the molecule is CSc1cccc(NC(=O)[C@H]2CCN(S(C)(=O)=O)c3cc(C)ccc3O2)c1. The number of nitrogens with one attached hydrogen (secondary N) is 1. The number of carbonyl (C=O) groups is 1. The first kappa shape index (κ1) is 19.6. The van der Waals surface area contributed by atoms with Crippen molar-refractivity contribution in [1.82, 2.24) is 0 Å². The van der Waals surface area contributed by atoms with E-state index >= 15 is 0 Å². The smallest absolute Gasteiger partial charge is 0.265 e. The number of anilines is 2. The Morgan fingerprint density at radius 2 is 2.04 bits per heavy atom. The average molecular weight is 407 g/mol. The molecule has 1 aliphatic heterocycles. The van der Waals surface area contributed by atoms with Crippen molar-refractivity contribution in [3.63, 3.8) is 0 Å². The highest BCUT2D eigenvalue weighted by Gasteiger charge is 2.31. The maximum absolute atomic E-state index is 12.7. The van der Waals surface area contributed by atoms with Crippen LogP contribution in [-0.4, -0.2) is 39.5 Å². The van der Waals surface area contributed by atoms with E-state index < -0.39 is 16.1 Å². The molecule has 27 heavy (non-hydrogen) atoms. The van der Waals surface area contributed by atoms with Crippen molar-refractivity contribution < 1.29 is 17.9 Å². The first-order chi connectivity index (χ1) is 12.8. The summed E-state index contributed by atoms with van der Waals surface area (Å²) in [6.45, 7) is 2.06. The Morgan fingerprint density at radius 1 is 1.26 bits per heavy atom. The maximum atomic E-state index is 12.7. The van der Waals surface area contributed by atoms with Gasteiger partial charge >= 0.3 is 0 Å². The van der Waals surface area contributed by atoms with Gasteiger partial charge in [-0.3, -0.25) is 9.10 Å². The van der Waals surface area contributed by atoms with Gasteiger partial charge in [-0.05, 0) is 49.1 Å². The number of hydrogen-bond donors (Lipinski definition) is 1. The number of nitrogens with zero attached hydrogens (tertiary/aromatic N) is 1. The summed E-state index contributed by atoms with van der Waals surface area (Å²) < 4.78 is 31.6. The molecule has 0 bridgehead atoms. The summed E-state index contributed by atoms with van der Waals surface area (Å²) in [6.07, 6.45) is 2.60. The van der Waals surface area contributed by atoms with Gasteiger partial charge in [0.05, 0.1) is 11.9 Å². The second-order valence-corrected chi connectivity index (χ2v) is 9.21. The highest BCUT2D eigenvalue weighted by Crippen LogP contribution is 2.35. The summed E-state index contributed by atoms with van der Waals surface area (Å²) in [4.78, 5) is 13.8. The lowest BCUT2D eigenvalue weighted by Gasteiger charge is -2.21. The van der Waals surface area contributed by atoms with Gasteiger partial charge in [-0.15, -0.1) is 11.8 Å². The molecule has 0 saturated heterocycles. The Morgan fingerprint density at radius 3 is 2.74 bits per heavy atom. The minimum atomic E-state index is -3.48. The van der Waals surface area contributed by atoms with E-state index in [1.807, 2.05) is 43.5 Å². The lowest BCUT2D eigenvalue weighted by atomic mass is 10.2. The van der Waals surface area contributed by atoms with Gasteiger partial charge in [0.15, 0.2) is 6.10 Å². The largest absolute Gasteiger partial charge is 0.478 e. The van der Waals surface area contributed by atoms with Gasteiger partial charge in [0.1, 0.15) is 5.75 Å². The molecule has 0 unspecified atom stereocenters. The first-order valence-corrected chi connectivity index (χ1v) is 11.5. The zero-order valence-electron chi connectivity index (χ0n) is 15.4. The zero-order valence-corrected chi connectivity index (χ0v) is 17.1. The number of sulfonamides is 1. The summed E-state index contributed by atoms with van der Waals surface area (Å²) in [5.41, 5.74) is 2.07. The molecule has 1 N–H and O–H groups in total. The van der Waals surface area contributed by atoms with Crippen LogP contribution in [0.15, 0.2) is 47.4 Å². The normalized spacial score (nSPS) is 16.9. The molecule has 0 aromatic heterocycles. The zero-order chi connectivity index (χ0) is 19.6. The molecule has 0 aliphatic carbocycles. The third-order valence-corrected chi connectivity index (χ3v) is 6.18. The van der Waals surface area contributed by atoms with Crippen molar-refractivity contribution in [2.75, 3.05) is 28.7 Å². The summed E-state index contributed by atoms with van der Waals surface area (Å²) in [7, 11) is -3.48. The monoisotopic (exact) mass is 406 g/mol. The second-order valence-electron chi connectivity index (χ2n) is 6.42. The van der Waals surface area contributed by atoms with Crippen LogP contribution in [0.5, 0.6) is 5.75 Å². The van der Waals surface area contributed by atoms with Crippen LogP contribution >= 0.6 is 11.8 Å². The molecule has 0 fully saturated rings. The van der Waals surface area contributed by atoms with Crippen LogP contribution in [0.3, 0.4) is 0 Å². The predicted molar refractivity (Wildman–Crippen MR) is 109 cm³/mol. The van der Waals surface area contributed by atoms with E-state index in [1.165, 1.54) is 4.31 Å². The van der Waals surface area contributed by atoms with Gasteiger partial charge in [-0.25, -0.2) is 8.42 Å². The van der Waals surface area contributed by atoms with E-state index in [-0.39, 0.29) is 18.9 Å². The van der Waals surface area contributed by atoms with Crippen molar-refractivity contribution in [2.45, 2.75) is 24.3 Å². The molecule has 0 saturated carbocycles. The molecular formula is C19H22N2O4S2. The minimum absolute atomic E-state index is 0.179. The van der Waals surface area contributed by atoms with E-state index in [2.05, 4.69) is 5.32 Å². The number of fused-ring (bicyclic) bond motifs is 1. The second kappa shape index (κ2) is 7.82. The molecule has 2 aromatic carbocycles. The highest BCUT2D eigenvalue weighted by molar-refractivity contribution is 7.98. The Balaban J connectivity index is 1.86. The lowest BCUT2D eigenvalue weighted by Crippen LogP contribution is -2.35. The van der Waals surface area contributed by atoms with Crippen LogP contribution in [0.4, 0.5) is 11.4 Å². The molecule has 6 nitrogen and oxygen atoms in total. The van der Waals surface area contributed by atoms with Gasteiger partial charge in [-0.2, -0.15) is 0 Å². The van der Waals surface area contributed by atoms with Crippen LogP contribution in [0, 0.1) is 6.92 Å². The third-order valence-electron chi connectivity index (χ3n) is 4.28. The molecular weight excluding hydrogens is 384 g/mol. The molecule has 0 radical (unpaired) electrons. The lowest BCUT2D eigenvalue weighted by molar-refractivity contribution is -0.122. The molecule has 1 amide bonds. The predicted octanol–water partition coefficient (Wildman–Crippen LogP) is 3.27. The van der Waals surface area contributed by atoms with E-state index in [0.717, 1.165) is 16.7 Å². The standard InChI is InChI=1S/C19H22N2O4S2/c1-13-7-8-17-16(11-13)21(27(3,23)24)10-9-18(25-17)19(22)20-14-5-4-6-15(12-14)26-2/h4-8,11-12,18H,9-10H2,1-3H3,(H,20,22)/t18-/m1/s1. The van der Waals surface area contributed by atoms with E-state index in [0.29, 0.717) is 17.1 Å². The van der Waals surface area contributed by atoms with Crippen molar-refractivity contribution in [3.8, 4) is 5.75 Å². The summed E-state index contributed by atoms with van der Waals surface area (Å²) >= 11 is 1.59. The number of amides is 1. The number of carbonyl (C=O) groups excluding carboxylic acids is 1. The number of thioether (sulfide) groups is 1. The first-order valence-electron chi connectivity index (χ1n) is 8.48. The van der Waals surface area contributed by atoms with Crippen LogP contribution in [0.1, 0.15) is 12.0 Å². The fourth-order valence-electron chi connectivity index (χ4n) is 2.94. The van der Waals surface area contributed by atoms with Crippen molar-refractivity contribution >= 4 is 39.1 Å². The minimum Gasteiger partial charge on any atom is -0.478 e. The van der Waals surface area contributed by atoms with Gasteiger partial charge in [0.25, 0.3) is 5.91 Å². The van der Waals surface area contributed by atoms with Gasteiger partial charge in [-0.1, -0.05) is 12.1 Å². The third kappa shape index (κ3) is 4.56. The molecule has 1 aliphatic rings. The highest BCUT2D eigenvalue weighted by atomic mass is 32.2. The fourth-order valence-corrected chi connectivity index (χ4v) is 4.34. The number of benzene rings is 2. The van der Waals surface area contributed by atoms with E-state index in [1.54, 1.807) is 23.9 Å². The number of ether oxygens (including phenoxy) is 1. The molecule has 144 valence electrons. The number of aryl methyl sites for hydroxylation is 1. The Kier molecular flexibility index (Phi) is 5.67. The molecule has 8 heteroatoms. The maximum Gasteiger partial charge on any atom is 0.265 e. The Hall–Kier alpha value is -2.19. The van der Waals surface area contributed by atoms with Crippen molar-refractivity contribution in [1.29, 1.82) is 0 Å². The molecule has 2 aromatic rings. The molecule has 3 rings (SSSR count). The summed E-state index contributed by atoms with van der Waals surface area (Å²) in [6, 6.07) is 12.8. The molecule has 1 atom stereocenters. The van der Waals surface area contributed by atoms with Gasteiger partial charge < -0.3 is 10.1 Å². The van der Waals surface area contributed by atoms with Crippen LogP contribution in [0.2, 0.25) is 0 Å². The van der Waals surface area contributed by atoms with E-state index in [9.17, 15) is 13.2 Å². The Bertz CT molecular complexity index is 960. The topological polar surface area (TPSA) is 75.7 Å². The van der Waals surface area contributed by atoms with Gasteiger partial charge in [0.2, 0.25) is 10.0 Å². The number of hydrogen-bond acceptors (Lipinski definition) is 5. The summed E-state index contributed by atoms with van der Waals surface area (Å²) in [5, 5.41) is 2.86. The Labute approximate surface area is 164 Å². The quantitative estimate of drug-likeness (QED) is 0.789. The molecule has 1 heterocycles. The molecule has 0 spiro atoms. The van der Waals surface area contributed by atoms with Crippen LogP contribution < -0.4 is 14.4 Å². The van der Waals surface area contributed by atoms with E-state index in [4.69, 9.17) is 4.74 Å². The fraction of sp³-hybridized carbons (Fsp3) is 0.316.